The number of hydrogen-bond acceptors (Lipinski definition) is 3. The number of benzene rings is 2. The highest BCUT2D eigenvalue weighted by atomic mass is 16.6. The van der Waals surface area contributed by atoms with Gasteiger partial charge in [0.05, 0.1) is 6.04 Å². The summed E-state index contributed by atoms with van der Waals surface area (Å²) in [7, 11) is 2.10. The molecule has 120 valence electrons. The number of rotatable bonds is 4. The van der Waals surface area contributed by atoms with Gasteiger partial charge in [0.25, 0.3) is 0 Å². The van der Waals surface area contributed by atoms with Gasteiger partial charge in [0, 0.05) is 19.4 Å². The monoisotopic (exact) mass is 309 g/mol. The van der Waals surface area contributed by atoms with E-state index in [1.165, 1.54) is 5.56 Å². The van der Waals surface area contributed by atoms with Crippen molar-refractivity contribution >= 4 is 5.97 Å². The lowest BCUT2D eigenvalue weighted by molar-refractivity contribution is -0.164. The fraction of sp³-hybridized carbons (Fsp3) is 0.350. The molecule has 1 aliphatic rings. The van der Waals surface area contributed by atoms with Crippen LogP contribution in [0, 0.1) is 0 Å². The zero-order valence-corrected chi connectivity index (χ0v) is 13.7. The van der Waals surface area contributed by atoms with Crippen molar-refractivity contribution in [2.24, 2.45) is 0 Å². The maximum atomic E-state index is 12.2. The Kier molecular flexibility index (Phi) is 4.49. The lowest BCUT2D eigenvalue weighted by Gasteiger charge is -2.37. The number of hydrogen-bond donors (Lipinski definition) is 0. The maximum absolute atomic E-state index is 12.2. The Bertz CT molecular complexity index is 656. The normalized spacial score (nSPS) is 24.5. The Morgan fingerprint density at radius 3 is 2.35 bits per heavy atom. The van der Waals surface area contributed by atoms with Gasteiger partial charge in [0.15, 0.2) is 5.60 Å². The Hall–Kier alpha value is -2.13. The van der Waals surface area contributed by atoms with Crippen molar-refractivity contribution in [1.29, 1.82) is 0 Å². The molecule has 1 aliphatic heterocycles. The van der Waals surface area contributed by atoms with Gasteiger partial charge in [0.1, 0.15) is 0 Å². The van der Waals surface area contributed by atoms with E-state index < -0.39 is 5.60 Å². The molecule has 1 heterocycles. The molecule has 0 saturated carbocycles. The van der Waals surface area contributed by atoms with Crippen molar-refractivity contribution in [2.45, 2.75) is 31.4 Å². The van der Waals surface area contributed by atoms with Gasteiger partial charge in [-0.1, -0.05) is 67.6 Å². The predicted molar refractivity (Wildman–Crippen MR) is 90.9 cm³/mol. The number of nitrogens with zero attached hydrogens (tertiary/aromatic N) is 1. The van der Waals surface area contributed by atoms with E-state index in [-0.39, 0.29) is 12.0 Å². The Balaban J connectivity index is 2.11. The molecule has 0 radical (unpaired) electrons. The molecule has 0 amide bonds. The van der Waals surface area contributed by atoms with Gasteiger partial charge < -0.3 is 4.74 Å². The molecule has 3 nitrogen and oxygen atoms in total. The van der Waals surface area contributed by atoms with Crippen LogP contribution < -0.4 is 0 Å². The molecule has 1 saturated heterocycles. The van der Waals surface area contributed by atoms with Crippen LogP contribution in [0.4, 0.5) is 0 Å². The van der Waals surface area contributed by atoms with Gasteiger partial charge in [-0.25, -0.2) is 0 Å². The molecular formula is C20H23NO2. The second-order valence-corrected chi connectivity index (χ2v) is 6.13. The molecule has 3 rings (SSSR count). The molecule has 0 N–H and O–H groups in total. The summed E-state index contributed by atoms with van der Waals surface area (Å²) in [5.41, 5.74) is 1.63. The Labute approximate surface area is 137 Å². The van der Waals surface area contributed by atoms with Crippen molar-refractivity contribution < 1.29 is 9.53 Å². The molecular weight excluding hydrogens is 286 g/mol. The smallest absolute Gasteiger partial charge is 0.306 e. The first-order chi connectivity index (χ1) is 11.2. The van der Waals surface area contributed by atoms with Gasteiger partial charge in [-0.3, -0.25) is 9.69 Å². The van der Waals surface area contributed by atoms with Crippen LogP contribution in [0.15, 0.2) is 60.7 Å². The van der Waals surface area contributed by atoms with E-state index in [2.05, 4.69) is 36.2 Å². The second-order valence-electron chi connectivity index (χ2n) is 6.13. The van der Waals surface area contributed by atoms with Crippen LogP contribution in [0.3, 0.4) is 0 Å². The number of carbonyl (C=O) groups is 1. The van der Waals surface area contributed by atoms with E-state index in [0.717, 1.165) is 18.5 Å². The largest absolute Gasteiger partial charge is 0.452 e. The maximum Gasteiger partial charge on any atom is 0.306 e. The zero-order chi connectivity index (χ0) is 16.3. The molecule has 1 fully saturated rings. The van der Waals surface area contributed by atoms with Gasteiger partial charge in [0.2, 0.25) is 0 Å². The van der Waals surface area contributed by atoms with E-state index in [4.69, 9.17) is 4.74 Å². The highest BCUT2D eigenvalue weighted by molar-refractivity contribution is 5.70. The fourth-order valence-corrected chi connectivity index (χ4v) is 3.59. The lowest BCUT2D eigenvalue weighted by atomic mass is 9.82. The Morgan fingerprint density at radius 2 is 1.74 bits per heavy atom. The van der Waals surface area contributed by atoms with E-state index in [0.29, 0.717) is 6.42 Å². The van der Waals surface area contributed by atoms with Crippen molar-refractivity contribution in [1.82, 2.24) is 4.90 Å². The lowest BCUT2D eigenvalue weighted by Crippen LogP contribution is -2.38. The highest BCUT2D eigenvalue weighted by Gasteiger charge is 2.51. The average Bonchev–Trinajstić information content (AvgIpc) is 2.93. The molecule has 0 aliphatic carbocycles. The molecule has 2 atom stereocenters. The summed E-state index contributed by atoms with van der Waals surface area (Å²) in [5.74, 6) is -0.148. The van der Waals surface area contributed by atoms with Gasteiger partial charge >= 0.3 is 5.97 Å². The number of likely N-dealkylation sites (N-methyl/N-ethyl adjacent to an activating group) is 1. The first-order valence-corrected chi connectivity index (χ1v) is 8.20. The van der Waals surface area contributed by atoms with E-state index >= 15 is 0 Å². The van der Waals surface area contributed by atoms with Crippen molar-refractivity contribution in [3.8, 4) is 0 Å². The minimum Gasteiger partial charge on any atom is -0.452 e. The summed E-state index contributed by atoms with van der Waals surface area (Å²) in [6, 6.07) is 20.5. The third-order valence-corrected chi connectivity index (χ3v) is 4.68. The summed E-state index contributed by atoms with van der Waals surface area (Å²) in [4.78, 5) is 14.5. The summed E-state index contributed by atoms with van der Waals surface area (Å²) in [6.07, 6.45) is 1.19. The zero-order valence-electron chi connectivity index (χ0n) is 13.7. The number of ether oxygens (including phenoxy) is 1. The van der Waals surface area contributed by atoms with Crippen LogP contribution in [0.5, 0.6) is 0 Å². The molecule has 0 bridgehead atoms. The average molecular weight is 309 g/mol. The molecule has 0 aromatic heterocycles. The van der Waals surface area contributed by atoms with Crippen LogP contribution in [0.1, 0.15) is 36.9 Å². The molecule has 3 heteroatoms. The van der Waals surface area contributed by atoms with Gasteiger partial charge in [-0.2, -0.15) is 0 Å². The molecule has 2 aromatic carbocycles. The first-order valence-electron chi connectivity index (χ1n) is 8.20. The van der Waals surface area contributed by atoms with Crippen LogP contribution in [0.25, 0.3) is 0 Å². The summed E-state index contributed by atoms with van der Waals surface area (Å²) >= 11 is 0. The topological polar surface area (TPSA) is 29.5 Å². The summed E-state index contributed by atoms with van der Waals surface area (Å²) < 4.78 is 6.09. The number of carbonyl (C=O) groups excluding carboxylic acids is 1. The standard InChI is InChI=1S/C20H23NO2/c1-3-18(22)23-20(17-12-8-5-9-13-17)14-15-21(2)19(20)16-10-6-4-7-11-16/h4-13,19H,3,14-15H2,1-2H3/t19-,20-/m0/s1. The van der Waals surface area contributed by atoms with Crippen LogP contribution >= 0.6 is 0 Å². The fourth-order valence-electron chi connectivity index (χ4n) is 3.59. The van der Waals surface area contributed by atoms with Crippen LogP contribution in [-0.4, -0.2) is 24.5 Å². The quantitative estimate of drug-likeness (QED) is 0.802. The van der Waals surface area contributed by atoms with E-state index in [1.54, 1.807) is 0 Å². The van der Waals surface area contributed by atoms with Gasteiger partial charge in [-0.15, -0.1) is 0 Å². The van der Waals surface area contributed by atoms with E-state index in [1.807, 2.05) is 43.3 Å². The third-order valence-electron chi connectivity index (χ3n) is 4.68. The number of likely N-dealkylation sites (tertiary alicyclic amines) is 1. The minimum atomic E-state index is -0.621. The Morgan fingerprint density at radius 1 is 1.13 bits per heavy atom. The first kappa shape index (κ1) is 15.8. The minimum absolute atomic E-state index is 0.0293. The SMILES string of the molecule is CCC(=O)O[C@]1(c2ccccc2)CCN(C)[C@H]1c1ccccc1. The number of esters is 1. The highest BCUT2D eigenvalue weighted by Crippen LogP contribution is 2.49. The van der Waals surface area contributed by atoms with Crippen molar-refractivity contribution in [3.05, 3.63) is 71.8 Å². The van der Waals surface area contributed by atoms with Crippen LogP contribution in [-0.2, 0) is 15.1 Å². The summed E-state index contributed by atoms with van der Waals surface area (Å²) in [5, 5.41) is 0. The molecule has 2 aromatic rings. The predicted octanol–water partition coefficient (Wildman–Crippen LogP) is 3.91. The molecule has 23 heavy (non-hydrogen) atoms. The summed E-state index contributed by atoms with van der Waals surface area (Å²) in [6.45, 7) is 2.74. The van der Waals surface area contributed by atoms with E-state index in [9.17, 15) is 4.79 Å². The van der Waals surface area contributed by atoms with Crippen molar-refractivity contribution in [3.63, 3.8) is 0 Å². The van der Waals surface area contributed by atoms with Crippen molar-refractivity contribution in [2.75, 3.05) is 13.6 Å². The van der Waals surface area contributed by atoms with Gasteiger partial charge in [-0.05, 0) is 18.2 Å². The third kappa shape index (κ3) is 2.89. The molecule has 0 spiro atoms. The molecule has 0 unspecified atom stereocenters. The van der Waals surface area contributed by atoms with Crippen LogP contribution in [0.2, 0.25) is 0 Å². The second kappa shape index (κ2) is 6.55.